The SMILES string of the molecule is CC[n+]1ccccc1-c1c2nc(c(-c3cccc[n+]3CC)c3ccc([n-]3)c(-c3cccc[n+]3CC)c3nc(c(-c4cccc[n+]4CC)c4ccc1[n-]4)C=C3)C=C2.COC(=O)c1ccc(-c2c3nc(c(-c4ccc(C(=O)OC)c(O)c4)c4ccc([n-]4)c(-c4ccc(COC=O)c(O)c4)c4nc(c(-c5cccc(O)c5)c5ccc2[n-]5)C=C4)C=C3)cc1O.O=C=O.[Mn+3].[Mn+3]. The van der Waals surface area contributed by atoms with Crippen molar-refractivity contribution in [2.45, 2.75) is 60.5 Å². The Hall–Kier alpha value is -15.3. The van der Waals surface area contributed by atoms with Gasteiger partial charge in [0.1, 0.15) is 66.9 Å². The Morgan fingerprint density at radius 1 is 0.352 bits per heavy atom. The van der Waals surface area contributed by atoms with Crippen molar-refractivity contribution in [2.75, 3.05) is 14.2 Å². The van der Waals surface area contributed by atoms with Gasteiger partial charge in [0.2, 0.25) is 22.8 Å². The molecule has 0 amide bonds. The zero-order valence-corrected chi connectivity index (χ0v) is 70.6. The molecule has 4 N–H and O–H groups in total. The Bertz CT molecular complexity index is 6790. The van der Waals surface area contributed by atoms with Gasteiger partial charge in [-0.2, -0.15) is 27.9 Å². The number of aromatic nitrogens is 12. The zero-order chi connectivity index (χ0) is 85.5. The molecule has 0 fully saturated rings. The Labute approximate surface area is 737 Å². The number of benzene rings is 4. The van der Waals surface area contributed by atoms with Gasteiger partial charge in [-0.3, -0.25) is 4.79 Å². The van der Waals surface area contributed by atoms with E-state index < -0.39 is 11.9 Å². The van der Waals surface area contributed by atoms with Crippen LogP contribution in [0.25, 0.3) is 182 Å². The number of fused-ring (bicyclic) bond motifs is 16. The van der Waals surface area contributed by atoms with Crippen LogP contribution in [0.3, 0.4) is 0 Å². The maximum atomic E-state index is 12.5. The van der Waals surface area contributed by atoms with Crippen molar-refractivity contribution in [3.8, 4) is 113 Å². The smallest absolute Gasteiger partial charge is 0.657 e. The van der Waals surface area contributed by atoms with Gasteiger partial charge in [-0.1, -0.05) is 84.9 Å². The first-order valence-corrected chi connectivity index (χ1v) is 39.6. The van der Waals surface area contributed by atoms with E-state index >= 15 is 0 Å². The second-order valence-corrected chi connectivity index (χ2v) is 28.5. The van der Waals surface area contributed by atoms with Crippen LogP contribution in [0.15, 0.2) is 225 Å². The normalized spacial score (nSPS) is 11.4. The summed E-state index contributed by atoms with van der Waals surface area (Å²) < 4.78 is 23.7. The zero-order valence-electron chi connectivity index (χ0n) is 68.3. The second kappa shape index (κ2) is 37.8. The van der Waals surface area contributed by atoms with Crippen LogP contribution >= 0.6 is 0 Å². The molecular weight excluding hydrogens is 1660 g/mol. The summed E-state index contributed by atoms with van der Waals surface area (Å²) in [5, 5.41) is 44.0. The molecule has 4 aromatic carbocycles. The topological polar surface area (TPSA) is 317 Å². The summed E-state index contributed by atoms with van der Waals surface area (Å²) in [5.41, 5.74) is 22.9. The minimum atomic E-state index is -0.728. The van der Waals surface area contributed by atoms with E-state index in [9.17, 15) is 34.8 Å². The van der Waals surface area contributed by atoms with Gasteiger partial charge in [0.15, 0.2) is 24.8 Å². The van der Waals surface area contributed by atoms with Crippen LogP contribution in [0.4, 0.5) is 0 Å². The molecule has 0 atom stereocenters. The minimum Gasteiger partial charge on any atom is -0.657 e. The van der Waals surface area contributed by atoms with Gasteiger partial charge >= 0.3 is 52.2 Å². The van der Waals surface area contributed by atoms with Crippen LogP contribution < -0.4 is 38.2 Å². The molecule has 24 nitrogen and oxygen atoms in total. The van der Waals surface area contributed by atoms with E-state index in [4.69, 9.17) is 63.7 Å². The van der Waals surface area contributed by atoms with Crippen molar-refractivity contribution < 1.29 is 111 Å². The van der Waals surface area contributed by atoms with Crippen LogP contribution in [0.1, 0.15) is 99.5 Å². The largest absolute Gasteiger partial charge is 3.00 e. The fraction of sp³-hybridized carbons (Fsp3) is 0.111. The van der Waals surface area contributed by atoms with Gasteiger partial charge in [-0.05, 0) is 188 Å². The molecule has 125 heavy (non-hydrogen) atoms. The van der Waals surface area contributed by atoms with Gasteiger partial charge in [0, 0.05) is 54.1 Å². The van der Waals surface area contributed by atoms with Crippen LogP contribution in [0.2, 0.25) is 0 Å². The molecule has 16 bridgehead atoms. The molecule has 0 saturated carbocycles. The fourth-order valence-corrected chi connectivity index (χ4v) is 15.9. The van der Waals surface area contributed by atoms with Crippen molar-refractivity contribution in [3.05, 3.63) is 287 Å². The number of aromatic hydroxyl groups is 4. The molecule has 14 aromatic rings. The number of hydrogen-bond acceptors (Lipinski definition) is 16. The Morgan fingerprint density at radius 2 is 0.624 bits per heavy atom. The van der Waals surface area contributed by atoms with Gasteiger partial charge in [-0.15, -0.1) is 44.1 Å². The minimum absolute atomic E-state index is 0. The summed E-state index contributed by atoms with van der Waals surface area (Å²) in [7, 11) is 2.44. The Morgan fingerprint density at radius 3 is 0.888 bits per heavy atom. The maximum Gasteiger partial charge on any atom is 3.00 e. The molecule has 26 heteroatoms. The number of nitrogens with zero attached hydrogens (tertiary/aromatic N) is 12. The molecule has 0 unspecified atom stereocenters. The molecule has 614 valence electrons. The summed E-state index contributed by atoms with van der Waals surface area (Å²) in [5.74, 6) is -2.21. The predicted molar refractivity (Wildman–Crippen MR) is 466 cm³/mol. The predicted octanol–water partition coefficient (Wildman–Crippen LogP) is 15.9. The average molecular weight is 1740 g/mol. The number of aryl methyl sites for hydroxylation is 4. The van der Waals surface area contributed by atoms with E-state index in [2.05, 4.69) is 192 Å². The van der Waals surface area contributed by atoms with Crippen molar-refractivity contribution in [2.24, 2.45) is 0 Å². The van der Waals surface area contributed by atoms with Crippen molar-refractivity contribution >= 4 is 117 Å². The maximum absolute atomic E-state index is 12.5. The number of methoxy groups -OCH3 is 2. The Balaban J connectivity index is 0.000000195. The number of ether oxygens (including phenoxy) is 3. The molecule has 0 radical (unpaired) electrons. The van der Waals surface area contributed by atoms with E-state index in [1.165, 1.54) is 44.6 Å². The van der Waals surface area contributed by atoms with Gasteiger partial charge in [0.25, 0.3) is 6.47 Å². The first-order chi connectivity index (χ1) is 60.0. The number of rotatable bonds is 17. The molecule has 4 aliphatic rings. The number of esters is 2. The molecule has 14 heterocycles. The van der Waals surface area contributed by atoms with Gasteiger partial charge in [0.05, 0.1) is 82.0 Å². The summed E-state index contributed by atoms with van der Waals surface area (Å²) in [6.07, 6.45) is 24.5. The number of pyridine rings is 4. The van der Waals surface area contributed by atoms with Gasteiger partial charge < -0.3 is 54.6 Å². The van der Waals surface area contributed by atoms with Crippen LogP contribution in [-0.4, -0.2) is 79.1 Å². The van der Waals surface area contributed by atoms with Crippen LogP contribution in [-0.2, 0) is 95.5 Å². The molecule has 0 spiro atoms. The number of carbonyl (C=O) groups is 3. The number of phenols is 4. The van der Waals surface area contributed by atoms with E-state index in [0.29, 0.717) is 101 Å². The van der Waals surface area contributed by atoms with E-state index in [1.54, 1.807) is 72.8 Å². The average Bonchev–Trinajstić information content (AvgIpc) is 1.61. The van der Waals surface area contributed by atoms with Crippen LogP contribution in [0.5, 0.6) is 23.0 Å². The van der Waals surface area contributed by atoms with Gasteiger partial charge in [-0.25, -0.2) is 29.5 Å². The van der Waals surface area contributed by atoms with Crippen molar-refractivity contribution in [1.82, 2.24) is 39.9 Å². The van der Waals surface area contributed by atoms with E-state index in [1.807, 2.05) is 24.3 Å². The van der Waals surface area contributed by atoms with E-state index in [0.717, 1.165) is 116 Å². The summed E-state index contributed by atoms with van der Waals surface area (Å²) in [4.78, 5) is 94.7. The molecular formula is C99H78Mn2N12O12+6. The van der Waals surface area contributed by atoms with Crippen LogP contribution in [0, 0.1) is 0 Å². The standard InChI is InChI=1S/C50H36N4O10.C48H44N8.CO2.2Mn/c1-62-49(60)32-10-8-28(22-43(32)58)47-38-15-13-35(52-38)45(26-4-3-5-31(56)20-26)34-12-14-36(51-34)46(27-6-7-30(24-64-25-55)42(57)21-27)37-16-17-39(53-37)48(41-19-18-40(47)54-41)29-9-11-33(44(59)23-29)50(61)63-2;1-5-53-29-13-9-17-41(53)45-33-21-23-35(49-33)46(42-18-10-14-30-54(42)6-2)37-25-27-39(51-37)48(44-20-12-16-32-56(44)8-4)40-28-26-38(52-40)47(36-24-22-34(45)50-36)43-19-11-15-31-55(43)7-3;2-1-3;;/h3-23,25H,24H2,1-2H3,(H6,51,52,53,54,56,57,58,59,60,61);9-32H,5-8H2,1-4H3;;;/q;+2;;2*+3/p-2. The summed E-state index contributed by atoms with van der Waals surface area (Å²) >= 11 is 0. The molecule has 0 saturated heterocycles. The summed E-state index contributed by atoms with van der Waals surface area (Å²) in [6.45, 7) is 12.0. The van der Waals surface area contributed by atoms with Crippen molar-refractivity contribution in [1.29, 1.82) is 0 Å². The third-order valence-electron chi connectivity index (χ3n) is 21.6. The third-order valence-corrected chi connectivity index (χ3v) is 21.6. The second-order valence-electron chi connectivity index (χ2n) is 28.5. The summed E-state index contributed by atoms with van der Waals surface area (Å²) in [6, 6.07) is 61.8. The fourth-order valence-electron chi connectivity index (χ4n) is 15.9. The molecule has 10 aromatic heterocycles. The number of hydrogen-bond donors (Lipinski definition) is 4. The Kier molecular flexibility index (Phi) is 26.0. The van der Waals surface area contributed by atoms with Crippen molar-refractivity contribution in [3.63, 3.8) is 0 Å². The number of phenolic OH excluding ortho intramolecular Hbond substituents is 4. The molecule has 0 aliphatic carbocycles. The quantitative estimate of drug-likeness (QED) is 0.0216. The molecule has 4 aliphatic heterocycles. The number of carbonyl (C=O) groups excluding carboxylic acids is 5. The van der Waals surface area contributed by atoms with E-state index in [-0.39, 0.29) is 81.0 Å². The first-order valence-electron chi connectivity index (χ1n) is 39.6. The monoisotopic (exact) mass is 1740 g/mol. The third kappa shape index (κ3) is 17.0. The first kappa shape index (κ1) is 86.1. The molecule has 18 rings (SSSR count).